The minimum atomic E-state index is -0.292. The Balaban J connectivity index is 1.51. The topological polar surface area (TPSA) is 51.3 Å². The molecule has 6 heteroatoms. The van der Waals surface area contributed by atoms with Gasteiger partial charge in [0.1, 0.15) is 5.01 Å². The van der Waals surface area contributed by atoms with E-state index in [4.69, 9.17) is 9.40 Å². The Morgan fingerprint density at radius 1 is 1.12 bits per heavy atom. The molecule has 2 aromatic carbocycles. The number of nitrogens with zero attached hydrogens (tertiary/aromatic N) is 3. The van der Waals surface area contributed by atoms with Gasteiger partial charge in [-0.05, 0) is 37.1 Å². The molecule has 0 bridgehead atoms. The van der Waals surface area contributed by atoms with Gasteiger partial charge in [-0.2, -0.15) is 0 Å². The number of para-hydroxylation sites is 3. The summed E-state index contributed by atoms with van der Waals surface area (Å²) in [4.78, 5) is 19.6. The molecule has 0 aliphatic carbocycles. The number of benzene rings is 2. The van der Waals surface area contributed by atoms with Crippen LogP contribution in [0.15, 0.2) is 57.7 Å². The quantitative estimate of drug-likeness (QED) is 0.540. The molecule has 3 heterocycles. The molecule has 1 saturated heterocycles. The van der Waals surface area contributed by atoms with E-state index < -0.39 is 0 Å². The number of thiazole rings is 1. The number of fused-ring (bicyclic) bond motifs is 2. The van der Waals surface area contributed by atoms with Crippen molar-refractivity contribution >= 4 is 32.7 Å². The van der Waals surface area contributed by atoms with Gasteiger partial charge < -0.3 is 4.42 Å². The van der Waals surface area contributed by atoms with Gasteiger partial charge in [-0.1, -0.05) is 30.7 Å². The van der Waals surface area contributed by atoms with Crippen LogP contribution in [-0.4, -0.2) is 21.0 Å². The third-order valence-electron chi connectivity index (χ3n) is 5.11. The van der Waals surface area contributed by atoms with Crippen molar-refractivity contribution in [3.05, 3.63) is 64.1 Å². The number of oxazole rings is 1. The molecular weight excluding hydrogens is 346 g/mol. The van der Waals surface area contributed by atoms with E-state index in [9.17, 15) is 4.79 Å². The summed E-state index contributed by atoms with van der Waals surface area (Å²) in [5.41, 5.74) is 2.56. The van der Waals surface area contributed by atoms with Crippen molar-refractivity contribution in [2.75, 3.05) is 6.54 Å². The van der Waals surface area contributed by atoms with Gasteiger partial charge >= 0.3 is 5.76 Å². The molecule has 0 radical (unpaired) electrons. The van der Waals surface area contributed by atoms with Crippen LogP contribution in [0.2, 0.25) is 0 Å². The number of piperidine rings is 1. The summed E-state index contributed by atoms with van der Waals surface area (Å²) in [5, 5.41) is 1.15. The van der Waals surface area contributed by atoms with E-state index in [2.05, 4.69) is 23.1 Å². The molecule has 4 aromatic rings. The average Bonchev–Trinajstić information content (AvgIpc) is 3.23. The molecular formula is C20H19N3O2S. The van der Waals surface area contributed by atoms with E-state index in [1.165, 1.54) is 11.1 Å². The maximum absolute atomic E-state index is 12.4. The summed E-state index contributed by atoms with van der Waals surface area (Å²) in [6.07, 6.45) is 3.41. The summed E-state index contributed by atoms with van der Waals surface area (Å²) < 4.78 is 8.36. The first-order valence-electron chi connectivity index (χ1n) is 8.97. The Bertz CT molecular complexity index is 1090. The van der Waals surface area contributed by atoms with Crippen molar-refractivity contribution in [2.24, 2.45) is 0 Å². The molecule has 132 valence electrons. The standard InChI is InChI=1S/C20H19N3O2S/c24-20-23(15-8-2-3-10-17(15)25-20)13-22-12-6-5-9-16(22)19-21-14-7-1-4-11-18(14)26-19/h1-4,7-8,10-11,16H,5-6,9,12-13H2. The van der Waals surface area contributed by atoms with Crippen LogP contribution in [0.25, 0.3) is 21.3 Å². The van der Waals surface area contributed by atoms with Crippen molar-refractivity contribution in [1.82, 2.24) is 14.5 Å². The second kappa shape index (κ2) is 6.37. The summed E-state index contributed by atoms with van der Waals surface area (Å²) in [6, 6.07) is 16.1. The van der Waals surface area contributed by atoms with Crippen molar-refractivity contribution in [2.45, 2.75) is 32.0 Å². The van der Waals surface area contributed by atoms with Gasteiger partial charge in [0, 0.05) is 6.54 Å². The van der Waals surface area contributed by atoms with Gasteiger partial charge in [0.25, 0.3) is 0 Å². The molecule has 0 N–H and O–H groups in total. The maximum Gasteiger partial charge on any atom is 0.421 e. The SMILES string of the molecule is O=c1oc2ccccc2n1CN1CCCCC1c1nc2ccccc2s1. The van der Waals surface area contributed by atoms with Crippen LogP contribution in [-0.2, 0) is 6.67 Å². The molecule has 0 saturated carbocycles. The third kappa shape index (κ3) is 2.66. The molecule has 1 atom stereocenters. The van der Waals surface area contributed by atoms with Gasteiger partial charge in [-0.3, -0.25) is 9.47 Å². The smallest absolute Gasteiger partial charge is 0.408 e. The zero-order valence-corrected chi connectivity index (χ0v) is 15.1. The lowest BCUT2D eigenvalue weighted by molar-refractivity contribution is 0.109. The van der Waals surface area contributed by atoms with Crippen LogP contribution in [0.1, 0.15) is 30.3 Å². The first-order chi connectivity index (χ1) is 12.8. The first-order valence-corrected chi connectivity index (χ1v) is 9.79. The molecule has 5 nitrogen and oxygen atoms in total. The molecule has 0 amide bonds. The Morgan fingerprint density at radius 3 is 2.88 bits per heavy atom. The van der Waals surface area contributed by atoms with E-state index in [0.717, 1.165) is 35.4 Å². The molecule has 1 aliphatic rings. The lowest BCUT2D eigenvalue weighted by Crippen LogP contribution is -2.37. The molecule has 5 rings (SSSR count). The zero-order chi connectivity index (χ0) is 17.5. The van der Waals surface area contributed by atoms with Gasteiger partial charge in [-0.15, -0.1) is 11.3 Å². The van der Waals surface area contributed by atoms with Gasteiger partial charge in [-0.25, -0.2) is 9.78 Å². The minimum Gasteiger partial charge on any atom is -0.408 e. The van der Waals surface area contributed by atoms with Crippen LogP contribution >= 0.6 is 11.3 Å². The highest BCUT2D eigenvalue weighted by atomic mass is 32.1. The highest BCUT2D eigenvalue weighted by Crippen LogP contribution is 2.36. The van der Waals surface area contributed by atoms with E-state index in [0.29, 0.717) is 12.3 Å². The number of rotatable bonds is 3. The van der Waals surface area contributed by atoms with Crippen molar-refractivity contribution in [3.63, 3.8) is 0 Å². The molecule has 1 fully saturated rings. The lowest BCUT2D eigenvalue weighted by atomic mass is 10.0. The minimum absolute atomic E-state index is 0.252. The monoisotopic (exact) mass is 365 g/mol. The van der Waals surface area contributed by atoms with E-state index >= 15 is 0 Å². The fourth-order valence-electron chi connectivity index (χ4n) is 3.80. The van der Waals surface area contributed by atoms with Crippen molar-refractivity contribution in [3.8, 4) is 0 Å². The van der Waals surface area contributed by atoms with Crippen molar-refractivity contribution < 1.29 is 4.42 Å². The highest BCUT2D eigenvalue weighted by Gasteiger charge is 2.28. The normalized spacial score (nSPS) is 18.7. The van der Waals surface area contributed by atoms with E-state index in [1.807, 2.05) is 30.3 Å². The Kier molecular flexibility index (Phi) is 3.87. The zero-order valence-electron chi connectivity index (χ0n) is 14.3. The van der Waals surface area contributed by atoms with Gasteiger partial charge in [0.2, 0.25) is 0 Å². The number of aromatic nitrogens is 2. The number of likely N-dealkylation sites (tertiary alicyclic amines) is 1. The molecule has 1 unspecified atom stereocenters. The molecule has 1 aliphatic heterocycles. The Labute approximate surface area is 154 Å². The third-order valence-corrected chi connectivity index (χ3v) is 6.24. The number of hydrogen-bond donors (Lipinski definition) is 0. The predicted molar refractivity (Wildman–Crippen MR) is 103 cm³/mol. The van der Waals surface area contributed by atoms with Crippen molar-refractivity contribution in [1.29, 1.82) is 0 Å². The molecule has 2 aromatic heterocycles. The average molecular weight is 365 g/mol. The Morgan fingerprint density at radius 2 is 1.96 bits per heavy atom. The highest BCUT2D eigenvalue weighted by molar-refractivity contribution is 7.18. The van der Waals surface area contributed by atoms with Crippen LogP contribution < -0.4 is 5.76 Å². The lowest BCUT2D eigenvalue weighted by Gasteiger charge is -2.34. The predicted octanol–water partition coefficient (Wildman–Crippen LogP) is 4.39. The van der Waals surface area contributed by atoms with Crippen LogP contribution in [0.3, 0.4) is 0 Å². The largest absolute Gasteiger partial charge is 0.421 e. The molecule has 26 heavy (non-hydrogen) atoms. The van der Waals surface area contributed by atoms with Crippen LogP contribution in [0.5, 0.6) is 0 Å². The summed E-state index contributed by atoms with van der Waals surface area (Å²) in [7, 11) is 0. The fraction of sp³-hybridized carbons (Fsp3) is 0.300. The van der Waals surface area contributed by atoms with Gasteiger partial charge in [0.15, 0.2) is 5.58 Å². The number of hydrogen-bond acceptors (Lipinski definition) is 5. The van der Waals surface area contributed by atoms with E-state index in [1.54, 1.807) is 15.9 Å². The maximum atomic E-state index is 12.4. The van der Waals surface area contributed by atoms with Crippen LogP contribution in [0, 0.1) is 0 Å². The summed E-state index contributed by atoms with van der Waals surface area (Å²) in [6.45, 7) is 1.50. The van der Waals surface area contributed by atoms with E-state index in [-0.39, 0.29) is 11.8 Å². The fourth-order valence-corrected chi connectivity index (χ4v) is 4.94. The second-order valence-corrected chi connectivity index (χ2v) is 7.81. The van der Waals surface area contributed by atoms with Gasteiger partial charge in [0.05, 0.1) is 28.4 Å². The molecule has 0 spiro atoms. The first kappa shape index (κ1) is 15.8. The summed E-state index contributed by atoms with van der Waals surface area (Å²) >= 11 is 1.76. The Hall–Kier alpha value is -2.44. The second-order valence-electron chi connectivity index (χ2n) is 6.75. The summed E-state index contributed by atoms with van der Waals surface area (Å²) in [5.74, 6) is -0.292. The van der Waals surface area contributed by atoms with Crippen LogP contribution in [0.4, 0.5) is 0 Å².